The van der Waals surface area contributed by atoms with E-state index in [0.717, 1.165) is 8.26 Å². The van der Waals surface area contributed by atoms with Gasteiger partial charge in [0.2, 0.25) is 0 Å². The molecule has 0 aliphatic carbocycles. The maximum absolute atomic E-state index is 6.19. The number of aryl methyl sites for hydroxylation is 1. The van der Waals surface area contributed by atoms with E-state index in [9.17, 15) is 0 Å². The zero-order valence-electron chi connectivity index (χ0n) is 7.96. The summed E-state index contributed by atoms with van der Waals surface area (Å²) in [6, 6.07) is 6.29. The summed E-state index contributed by atoms with van der Waals surface area (Å²) in [5, 5.41) is 0. The van der Waals surface area contributed by atoms with Crippen LogP contribution in [0, 0.1) is 6.92 Å². The van der Waals surface area contributed by atoms with E-state index in [-0.39, 0.29) is 6.04 Å². The van der Waals surface area contributed by atoms with Crippen LogP contribution in [0.3, 0.4) is 0 Å². The van der Waals surface area contributed by atoms with Crippen molar-refractivity contribution in [2.75, 3.05) is 0 Å². The van der Waals surface area contributed by atoms with E-state index in [4.69, 9.17) is 5.73 Å². The van der Waals surface area contributed by atoms with Gasteiger partial charge in [0.05, 0.1) is 9.83 Å². The number of hydrogen-bond donors (Lipinski definition) is 1. The van der Waals surface area contributed by atoms with E-state index < -0.39 is 0 Å². The molecule has 0 saturated carbocycles. The van der Waals surface area contributed by atoms with Crippen LogP contribution in [0.2, 0.25) is 0 Å². The van der Waals surface area contributed by atoms with E-state index in [1.807, 2.05) is 0 Å². The minimum atomic E-state index is -0.00343. The van der Waals surface area contributed by atoms with E-state index >= 15 is 0 Å². The smallest absolute Gasteiger partial charge is 0.0843 e. The maximum atomic E-state index is 6.19. The van der Waals surface area contributed by atoms with Crippen molar-refractivity contribution in [3.05, 3.63) is 41.1 Å². The number of thiophene rings is 2. The fourth-order valence-corrected chi connectivity index (χ4v) is 4.36. The van der Waals surface area contributed by atoms with Crippen molar-refractivity contribution in [2.45, 2.75) is 13.0 Å². The van der Waals surface area contributed by atoms with Gasteiger partial charge in [0.25, 0.3) is 0 Å². The van der Waals surface area contributed by atoms with Crippen LogP contribution in [0.5, 0.6) is 0 Å². The van der Waals surface area contributed by atoms with Gasteiger partial charge in [-0.2, -0.15) is 0 Å². The third kappa shape index (κ3) is 2.53. The van der Waals surface area contributed by atoms with Gasteiger partial charge in [-0.05, 0) is 57.0 Å². The lowest BCUT2D eigenvalue weighted by molar-refractivity contribution is 0.917. The number of halogens is 2. The summed E-state index contributed by atoms with van der Waals surface area (Å²) in [4.78, 5) is 3.69. The molecule has 0 aliphatic heterocycles. The molecule has 0 spiro atoms. The number of hydrogen-bond acceptors (Lipinski definition) is 3. The average Bonchev–Trinajstić information content (AvgIpc) is 2.74. The molecule has 1 atom stereocenters. The van der Waals surface area contributed by atoms with Gasteiger partial charge in [0.1, 0.15) is 0 Å². The topological polar surface area (TPSA) is 26.0 Å². The van der Waals surface area contributed by atoms with Gasteiger partial charge in [0, 0.05) is 19.1 Å². The molecule has 0 bridgehead atoms. The van der Waals surface area contributed by atoms with Gasteiger partial charge in [-0.15, -0.1) is 22.7 Å². The largest absolute Gasteiger partial charge is 0.319 e. The highest BCUT2D eigenvalue weighted by Gasteiger charge is 2.14. The van der Waals surface area contributed by atoms with E-state index in [1.54, 1.807) is 22.7 Å². The molecule has 15 heavy (non-hydrogen) atoms. The van der Waals surface area contributed by atoms with E-state index in [1.165, 1.54) is 14.6 Å². The van der Waals surface area contributed by atoms with Crippen molar-refractivity contribution in [3.63, 3.8) is 0 Å². The van der Waals surface area contributed by atoms with E-state index in [2.05, 4.69) is 57.0 Å². The predicted molar refractivity (Wildman–Crippen MR) is 74.8 cm³/mol. The molecule has 2 rings (SSSR count). The fraction of sp³-hybridized carbons (Fsp3) is 0.200. The number of rotatable bonds is 2. The Labute approximate surface area is 114 Å². The quantitative estimate of drug-likeness (QED) is 0.819. The molecule has 0 radical (unpaired) electrons. The predicted octanol–water partition coefficient (Wildman–Crippen LogP) is 4.69. The van der Waals surface area contributed by atoms with Crippen LogP contribution < -0.4 is 5.73 Å². The van der Waals surface area contributed by atoms with Crippen LogP contribution in [0.25, 0.3) is 0 Å². The van der Waals surface area contributed by atoms with Crippen molar-refractivity contribution in [1.82, 2.24) is 0 Å². The van der Waals surface area contributed by atoms with Gasteiger partial charge < -0.3 is 5.73 Å². The van der Waals surface area contributed by atoms with E-state index in [0.29, 0.717) is 0 Å². The van der Waals surface area contributed by atoms with Gasteiger partial charge in [-0.3, -0.25) is 0 Å². The zero-order chi connectivity index (χ0) is 11.0. The zero-order valence-corrected chi connectivity index (χ0v) is 12.8. The third-order valence-electron chi connectivity index (χ3n) is 2.04. The minimum Gasteiger partial charge on any atom is -0.319 e. The molecular formula is C10H9Br2NS2. The molecular weight excluding hydrogens is 358 g/mol. The Balaban J connectivity index is 2.31. The molecule has 2 N–H and O–H groups in total. The van der Waals surface area contributed by atoms with Crippen molar-refractivity contribution in [1.29, 1.82) is 0 Å². The van der Waals surface area contributed by atoms with Gasteiger partial charge in [-0.1, -0.05) is 0 Å². The lowest BCUT2D eigenvalue weighted by Crippen LogP contribution is -2.07. The summed E-state index contributed by atoms with van der Waals surface area (Å²) in [5.74, 6) is 0. The Morgan fingerprint density at radius 1 is 1.20 bits per heavy atom. The molecule has 1 unspecified atom stereocenters. The first-order valence-corrected chi connectivity index (χ1v) is 7.56. The third-order valence-corrected chi connectivity index (χ3v) is 6.46. The first-order valence-electron chi connectivity index (χ1n) is 4.34. The van der Waals surface area contributed by atoms with Crippen molar-refractivity contribution < 1.29 is 0 Å². The lowest BCUT2D eigenvalue weighted by Gasteiger charge is -2.05. The molecule has 0 aromatic carbocycles. The Morgan fingerprint density at radius 2 is 1.93 bits per heavy atom. The molecule has 2 heterocycles. The van der Waals surface area contributed by atoms with Crippen molar-refractivity contribution in [3.8, 4) is 0 Å². The molecule has 5 heteroatoms. The molecule has 1 nitrogen and oxygen atoms in total. The summed E-state index contributed by atoms with van der Waals surface area (Å²) >= 11 is 10.4. The molecule has 2 aromatic rings. The Kier molecular flexibility index (Phi) is 3.67. The SMILES string of the molecule is Cc1ccc(C(N)c2cc(Br)c(Br)s2)s1. The van der Waals surface area contributed by atoms with Crippen LogP contribution in [-0.4, -0.2) is 0 Å². The Morgan fingerprint density at radius 3 is 2.40 bits per heavy atom. The maximum Gasteiger partial charge on any atom is 0.0843 e. The summed E-state index contributed by atoms with van der Waals surface area (Å²) < 4.78 is 2.17. The van der Waals surface area contributed by atoms with Crippen molar-refractivity contribution in [2.24, 2.45) is 5.73 Å². The van der Waals surface area contributed by atoms with Crippen LogP contribution in [0.15, 0.2) is 26.5 Å². The summed E-state index contributed by atoms with van der Waals surface area (Å²) in [6.45, 7) is 2.10. The minimum absolute atomic E-state index is 0.00343. The Hall–Kier alpha value is 0.320. The summed E-state index contributed by atoms with van der Waals surface area (Å²) in [7, 11) is 0. The monoisotopic (exact) mass is 365 g/mol. The second-order valence-electron chi connectivity index (χ2n) is 3.20. The van der Waals surface area contributed by atoms with Crippen LogP contribution >= 0.6 is 54.5 Å². The normalized spacial score (nSPS) is 13.1. The highest BCUT2D eigenvalue weighted by molar-refractivity contribution is 9.13. The standard InChI is InChI=1S/C10H9Br2NS2/c1-5-2-3-7(14-5)9(13)8-4-6(11)10(12)15-8/h2-4,9H,13H2,1H3. The molecule has 0 amide bonds. The van der Waals surface area contributed by atoms with Crippen LogP contribution in [0.1, 0.15) is 20.7 Å². The lowest BCUT2D eigenvalue weighted by atomic mass is 10.2. The first-order chi connectivity index (χ1) is 7.08. The van der Waals surface area contributed by atoms with Crippen LogP contribution in [-0.2, 0) is 0 Å². The fourth-order valence-electron chi connectivity index (χ4n) is 1.28. The second-order valence-corrected chi connectivity index (χ2v) is 7.77. The molecule has 2 aromatic heterocycles. The molecule has 0 fully saturated rings. The van der Waals surface area contributed by atoms with Gasteiger partial charge in [-0.25, -0.2) is 0 Å². The summed E-state index contributed by atoms with van der Waals surface area (Å²) in [6.07, 6.45) is 0. The van der Waals surface area contributed by atoms with Gasteiger partial charge >= 0.3 is 0 Å². The van der Waals surface area contributed by atoms with Crippen LogP contribution in [0.4, 0.5) is 0 Å². The summed E-state index contributed by atoms with van der Waals surface area (Å²) in [5.41, 5.74) is 6.19. The highest BCUT2D eigenvalue weighted by atomic mass is 79.9. The molecule has 0 saturated heterocycles. The molecule has 80 valence electrons. The van der Waals surface area contributed by atoms with Gasteiger partial charge in [0.15, 0.2) is 0 Å². The number of nitrogens with two attached hydrogens (primary N) is 1. The van der Waals surface area contributed by atoms with Crippen molar-refractivity contribution >= 4 is 54.5 Å². The second kappa shape index (κ2) is 4.67. The average molecular weight is 367 g/mol. The first kappa shape index (κ1) is 11.8. The molecule has 0 aliphatic rings. The Bertz CT molecular complexity index is 456. The highest BCUT2D eigenvalue weighted by Crippen LogP contribution is 2.37.